The van der Waals surface area contributed by atoms with Gasteiger partial charge in [-0.3, -0.25) is 10.3 Å². The minimum Gasteiger partial charge on any atom is -0.493 e. The zero-order valence-corrected chi connectivity index (χ0v) is 18.4. The normalized spacial score (nSPS) is 14.4. The quantitative estimate of drug-likeness (QED) is 0.505. The van der Waals surface area contributed by atoms with Crippen LogP contribution in [0.15, 0.2) is 45.9 Å². The van der Waals surface area contributed by atoms with Gasteiger partial charge in [-0.25, -0.2) is 4.79 Å². The molecule has 0 saturated carbocycles. The molecule has 1 aromatic heterocycles. The maximum absolute atomic E-state index is 12.2. The number of hydrogen-bond acceptors (Lipinski definition) is 7. The Hall–Kier alpha value is -3.72. The number of halogens is 1. The monoisotopic (exact) mass is 456 g/mol. The lowest BCUT2D eigenvalue weighted by Crippen LogP contribution is -2.19. The molecule has 2 N–H and O–H groups in total. The number of nitrogens with zero attached hydrogens (tertiary/aromatic N) is 2. The molecule has 0 fully saturated rings. The van der Waals surface area contributed by atoms with Gasteiger partial charge in [0.25, 0.3) is 0 Å². The molecule has 0 spiro atoms. The summed E-state index contributed by atoms with van der Waals surface area (Å²) in [6, 6.07) is 9.83. The zero-order valence-electron chi connectivity index (χ0n) is 17.6. The van der Waals surface area contributed by atoms with Crippen molar-refractivity contribution in [2.75, 3.05) is 24.9 Å². The van der Waals surface area contributed by atoms with Crippen molar-refractivity contribution in [2.24, 2.45) is 4.99 Å². The first-order valence-electron chi connectivity index (χ1n) is 9.73. The molecule has 2 amide bonds. The van der Waals surface area contributed by atoms with Gasteiger partial charge in [-0.05, 0) is 25.1 Å². The number of aryl methyl sites for hydroxylation is 1. The summed E-state index contributed by atoms with van der Waals surface area (Å²) in [5, 5.41) is 9.28. The summed E-state index contributed by atoms with van der Waals surface area (Å²) in [7, 11) is 3.16. The van der Waals surface area contributed by atoms with E-state index in [9.17, 15) is 4.79 Å². The molecular formula is C22H21ClN4O5. The third-order valence-electron chi connectivity index (χ3n) is 4.77. The first kappa shape index (κ1) is 21.5. The van der Waals surface area contributed by atoms with E-state index in [0.717, 1.165) is 11.3 Å². The number of urea groups is 1. The van der Waals surface area contributed by atoms with Crippen LogP contribution >= 0.6 is 11.6 Å². The molecule has 0 saturated heterocycles. The molecule has 0 bridgehead atoms. The van der Waals surface area contributed by atoms with Crippen molar-refractivity contribution in [1.29, 1.82) is 0 Å². The van der Waals surface area contributed by atoms with Gasteiger partial charge in [-0.15, -0.1) is 0 Å². The van der Waals surface area contributed by atoms with Gasteiger partial charge in [0, 0.05) is 36.4 Å². The Morgan fingerprint density at radius 3 is 2.59 bits per heavy atom. The molecule has 1 unspecified atom stereocenters. The molecule has 4 rings (SSSR count). The lowest BCUT2D eigenvalue weighted by molar-refractivity contribution is 0.213. The van der Waals surface area contributed by atoms with E-state index in [1.165, 1.54) is 0 Å². The number of carbonyl (C=O) groups excluding carboxylic acids is 1. The molecule has 10 heteroatoms. The Morgan fingerprint density at radius 1 is 1.12 bits per heavy atom. The van der Waals surface area contributed by atoms with Gasteiger partial charge in [0.1, 0.15) is 17.6 Å². The first-order chi connectivity index (χ1) is 15.5. The van der Waals surface area contributed by atoms with Crippen molar-refractivity contribution in [1.82, 2.24) is 5.16 Å². The van der Waals surface area contributed by atoms with E-state index in [1.807, 2.05) is 12.1 Å². The number of ether oxygens (including phenoxy) is 3. The molecule has 32 heavy (non-hydrogen) atoms. The Bertz CT molecular complexity index is 1180. The van der Waals surface area contributed by atoms with Crippen molar-refractivity contribution < 1.29 is 23.5 Å². The Kier molecular flexibility index (Phi) is 6.18. The van der Waals surface area contributed by atoms with Crippen molar-refractivity contribution in [3.63, 3.8) is 0 Å². The summed E-state index contributed by atoms with van der Waals surface area (Å²) >= 11 is 6.37. The van der Waals surface area contributed by atoms with Gasteiger partial charge in [0.2, 0.25) is 0 Å². The highest BCUT2D eigenvalue weighted by atomic mass is 35.5. The fraction of sp³-hybridized carbons (Fsp3) is 0.227. The molecule has 1 aliphatic heterocycles. The van der Waals surface area contributed by atoms with Gasteiger partial charge >= 0.3 is 6.03 Å². The number of aromatic nitrogens is 1. The number of hydrogen-bond donors (Lipinski definition) is 2. The van der Waals surface area contributed by atoms with Crippen LogP contribution in [0, 0.1) is 6.92 Å². The van der Waals surface area contributed by atoms with Crippen LogP contribution in [-0.4, -0.2) is 31.6 Å². The van der Waals surface area contributed by atoms with Crippen molar-refractivity contribution in [3.8, 4) is 17.2 Å². The number of anilines is 2. The summed E-state index contributed by atoms with van der Waals surface area (Å²) in [5.41, 5.74) is 2.06. The molecule has 3 aromatic rings. The maximum atomic E-state index is 12.2. The number of fused-ring (bicyclic) bond motifs is 1. The lowest BCUT2D eigenvalue weighted by Gasteiger charge is -2.24. The van der Waals surface area contributed by atoms with Gasteiger partial charge in [-0.2, -0.15) is 0 Å². The number of rotatable bonds is 6. The number of carbonyl (C=O) groups is 1. The summed E-state index contributed by atoms with van der Waals surface area (Å²) in [6.07, 6.45) is 2.10. The van der Waals surface area contributed by atoms with Crippen LogP contribution in [0.4, 0.5) is 22.0 Å². The van der Waals surface area contributed by atoms with E-state index >= 15 is 0 Å². The van der Waals surface area contributed by atoms with Crippen LogP contribution in [0.2, 0.25) is 5.02 Å². The topological polar surface area (TPSA) is 107 Å². The number of amides is 2. The third-order valence-corrected chi connectivity index (χ3v) is 5.08. The van der Waals surface area contributed by atoms with Crippen LogP contribution in [0.3, 0.4) is 0 Å². The molecule has 0 radical (unpaired) electrons. The Morgan fingerprint density at radius 2 is 1.91 bits per heavy atom. The number of methoxy groups -OCH3 is 2. The molecular weight excluding hydrogens is 436 g/mol. The number of nitrogens with one attached hydrogen (secondary N) is 2. The highest BCUT2D eigenvalue weighted by molar-refractivity contribution is 6.34. The highest BCUT2D eigenvalue weighted by Gasteiger charge is 2.23. The van der Waals surface area contributed by atoms with Gasteiger partial charge < -0.3 is 24.1 Å². The van der Waals surface area contributed by atoms with Gasteiger partial charge in [0.15, 0.2) is 17.3 Å². The van der Waals surface area contributed by atoms with Crippen LogP contribution < -0.4 is 24.8 Å². The molecule has 0 aliphatic carbocycles. The Balaban J connectivity index is 1.47. The molecule has 2 aromatic carbocycles. The second-order valence-corrected chi connectivity index (χ2v) is 7.37. The van der Waals surface area contributed by atoms with Crippen LogP contribution in [-0.2, 0) is 0 Å². The van der Waals surface area contributed by atoms with Crippen LogP contribution in [0.25, 0.3) is 0 Å². The largest absolute Gasteiger partial charge is 0.493 e. The molecule has 2 heterocycles. The van der Waals surface area contributed by atoms with Crippen molar-refractivity contribution >= 4 is 41.0 Å². The summed E-state index contributed by atoms with van der Waals surface area (Å²) in [5.74, 6) is 2.64. The molecule has 9 nitrogen and oxygen atoms in total. The minimum absolute atomic E-state index is 0.282. The van der Waals surface area contributed by atoms with Crippen molar-refractivity contribution in [2.45, 2.75) is 19.4 Å². The maximum Gasteiger partial charge on any atom is 0.324 e. The number of aliphatic imine (C=N–C) groups is 1. The Labute approximate surface area is 189 Å². The van der Waals surface area contributed by atoms with Gasteiger partial charge in [0.05, 0.1) is 30.6 Å². The molecule has 166 valence electrons. The minimum atomic E-state index is -0.493. The second-order valence-electron chi connectivity index (χ2n) is 6.96. The van der Waals surface area contributed by atoms with E-state index in [4.69, 9.17) is 30.3 Å². The average Bonchev–Trinajstić information content (AvgIpc) is 3.19. The third kappa shape index (κ3) is 4.62. The summed E-state index contributed by atoms with van der Waals surface area (Å²) in [4.78, 5) is 16.6. The van der Waals surface area contributed by atoms with E-state index < -0.39 is 6.03 Å². The smallest absolute Gasteiger partial charge is 0.324 e. The second kappa shape index (κ2) is 9.19. The summed E-state index contributed by atoms with van der Waals surface area (Å²) in [6.45, 7) is 1.73. The van der Waals surface area contributed by atoms with E-state index in [1.54, 1.807) is 51.6 Å². The van der Waals surface area contributed by atoms with Crippen LogP contribution in [0.5, 0.6) is 17.2 Å². The first-order valence-corrected chi connectivity index (χ1v) is 10.1. The summed E-state index contributed by atoms with van der Waals surface area (Å²) < 4.78 is 21.8. The highest BCUT2D eigenvalue weighted by Crippen LogP contribution is 2.42. The average molecular weight is 457 g/mol. The fourth-order valence-corrected chi connectivity index (χ4v) is 3.49. The fourth-order valence-electron chi connectivity index (χ4n) is 3.27. The van der Waals surface area contributed by atoms with E-state index in [-0.39, 0.29) is 6.10 Å². The molecule has 1 aliphatic rings. The zero-order chi connectivity index (χ0) is 22.7. The van der Waals surface area contributed by atoms with Gasteiger partial charge in [-0.1, -0.05) is 16.8 Å². The van der Waals surface area contributed by atoms with Crippen LogP contribution in [0.1, 0.15) is 23.8 Å². The van der Waals surface area contributed by atoms with Crippen molar-refractivity contribution in [3.05, 3.63) is 52.7 Å². The van der Waals surface area contributed by atoms with E-state index in [0.29, 0.717) is 46.0 Å². The SMILES string of the molecule is COc1cc2c(cc1OC)C(Oc1ccc(NC(=O)Nc3cc(C)on3)c(Cl)c1)CC=N2. The standard InChI is InChI=1S/C22H21ClN4O5/c1-12-8-21(27-32-12)26-22(28)25-16-5-4-13(9-15(16)23)31-18-6-7-24-17-11-20(30-3)19(29-2)10-14(17)18/h4-5,7-11,18H,6H2,1-3H3,(H2,25,26,27,28). The predicted molar refractivity (Wildman–Crippen MR) is 121 cm³/mol. The predicted octanol–water partition coefficient (Wildman–Crippen LogP) is 5.52. The lowest BCUT2D eigenvalue weighted by atomic mass is 10.0. The number of benzene rings is 2. The van der Waals surface area contributed by atoms with E-state index in [2.05, 4.69) is 20.8 Å². The molecule has 1 atom stereocenters.